The molecule has 0 radical (unpaired) electrons. The summed E-state index contributed by atoms with van der Waals surface area (Å²) in [7, 11) is 0. The zero-order valence-electron chi connectivity index (χ0n) is 13.3. The lowest BCUT2D eigenvalue weighted by molar-refractivity contribution is -0.385. The SMILES string of the molecule is CC1(c2ccccc2)COCCN1C(=O)Cn1cc([N+](=O)[O-])cn1. The van der Waals surface area contributed by atoms with E-state index in [1.54, 1.807) is 4.90 Å². The minimum Gasteiger partial charge on any atom is -0.377 e. The minimum absolute atomic E-state index is 0.0454. The molecule has 24 heavy (non-hydrogen) atoms. The number of hydrogen-bond donors (Lipinski definition) is 0. The average Bonchev–Trinajstić information content (AvgIpc) is 3.05. The van der Waals surface area contributed by atoms with E-state index in [4.69, 9.17) is 4.74 Å². The van der Waals surface area contributed by atoms with Gasteiger partial charge in [0.2, 0.25) is 5.91 Å². The third-order valence-corrected chi connectivity index (χ3v) is 4.26. The van der Waals surface area contributed by atoms with Gasteiger partial charge in [-0.25, -0.2) is 0 Å². The Bertz CT molecular complexity index is 746. The maximum atomic E-state index is 12.8. The Morgan fingerprint density at radius 2 is 2.17 bits per heavy atom. The second kappa shape index (κ2) is 6.40. The van der Waals surface area contributed by atoms with E-state index >= 15 is 0 Å². The number of hydrogen-bond acceptors (Lipinski definition) is 5. The van der Waals surface area contributed by atoms with Crippen molar-refractivity contribution in [1.82, 2.24) is 14.7 Å². The highest BCUT2D eigenvalue weighted by molar-refractivity contribution is 5.77. The van der Waals surface area contributed by atoms with Crippen LogP contribution >= 0.6 is 0 Å². The van der Waals surface area contributed by atoms with Crippen LogP contribution in [0.3, 0.4) is 0 Å². The van der Waals surface area contributed by atoms with E-state index in [1.807, 2.05) is 37.3 Å². The number of rotatable bonds is 4. The summed E-state index contributed by atoms with van der Waals surface area (Å²) in [6.45, 7) is 3.25. The molecule has 1 amide bonds. The highest BCUT2D eigenvalue weighted by Gasteiger charge is 2.39. The Kier molecular flexibility index (Phi) is 4.30. The molecular formula is C16H18N4O4. The van der Waals surface area contributed by atoms with Crippen LogP contribution in [0.15, 0.2) is 42.7 Å². The van der Waals surface area contributed by atoms with Crippen molar-refractivity contribution in [2.24, 2.45) is 0 Å². The number of nitrogens with zero attached hydrogens (tertiary/aromatic N) is 4. The van der Waals surface area contributed by atoms with E-state index in [0.29, 0.717) is 19.8 Å². The fourth-order valence-electron chi connectivity index (χ4n) is 2.95. The van der Waals surface area contributed by atoms with Crippen molar-refractivity contribution in [2.75, 3.05) is 19.8 Å². The Morgan fingerprint density at radius 1 is 1.42 bits per heavy atom. The molecule has 0 bridgehead atoms. The van der Waals surface area contributed by atoms with Crippen LogP contribution in [0.4, 0.5) is 5.69 Å². The van der Waals surface area contributed by atoms with Crippen molar-refractivity contribution in [3.8, 4) is 0 Å². The van der Waals surface area contributed by atoms with Gasteiger partial charge in [0.25, 0.3) is 0 Å². The third-order valence-electron chi connectivity index (χ3n) is 4.26. The lowest BCUT2D eigenvalue weighted by Crippen LogP contribution is -2.56. The highest BCUT2D eigenvalue weighted by Crippen LogP contribution is 2.31. The minimum atomic E-state index is -0.574. The van der Waals surface area contributed by atoms with Gasteiger partial charge in [0, 0.05) is 6.54 Å². The van der Waals surface area contributed by atoms with Gasteiger partial charge in [-0.05, 0) is 12.5 Å². The van der Waals surface area contributed by atoms with E-state index in [0.717, 1.165) is 11.8 Å². The number of ether oxygens (including phenoxy) is 1. The van der Waals surface area contributed by atoms with Crippen LogP contribution in [0.25, 0.3) is 0 Å². The fraction of sp³-hybridized carbons (Fsp3) is 0.375. The topological polar surface area (TPSA) is 90.5 Å². The van der Waals surface area contributed by atoms with Crippen LogP contribution in [0.1, 0.15) is 12.5 Å². The molecule has 1 aliphatic rings. The molecule has 1 atom stereocenters. The maximum absolute atomic E-state index is 12.8. The predicted molar refractivity (Wildman–Crippen MR) is 85.2 cm³/mol. The van der Waals surface area contributed by atoms with Crippen molar-refractivity contribution in [2.45, 2.75) is 19.0 Å². The molecule has 0 N–H and O–H groups in total. The first-order valence-corrected chi connectivity index (χ1v) is 7.61. The van der Waals surface area contributed by atoms with Gasteiger partial charge in [-0.2, -0.15) is 5.10 Å². The number of carbonyl (C=O) groups excluding carboxylic acids is 1. The summed E-state index contributed by atoms with van der Waals surface area (Å²) in [6.07, 6.45) is 2.40. The molecule has 0 aliphatic carbocycles. The van der Waals surface area contributed by atoms with E-state index in [-0.39, 0.29) is 18.1 Å². The fourth-order valence-corrected chi connectivity index (χ4v) is 2.95. The van der Waals surface area contributed by atoms with Gasteiger partial charge in [0.1, 0.15) is 18.9 Å². The zero-order chi connectivity index (χ0) is 17.2. The van der Waals surface area contributed by atoms with E-state index < -0.39 is 10.5 Å². The molecule has 1 saturated heterocycles. The normalized spacial score (nSPS) is 20.8. The molecule has 2 heterocycles. The Morgan fingerprint density at radius 3 is 2.83 bits per heavy atom. The first kappa shape index (κ1) is 16.1. The van der Waals surface area contributed by atoms with Crippen molar-refractivity contribution >= 4 is 11.6 Å². The number of benzene rings is 1. The summed E-state index contributed by atoms with van der Waals surface area (Å²) in [5, 5.41) is 14.6. The molecule has 2 aromatic rings. The number of morpholine rings is 1. The van der Waals surface area contributed by atoms with Crippen molar-refractivity contribution in [3.05, 3.63) is 58.4 Å². The van der Waals surface area contributed by atoms with Gasteiger partial charge >= 0.3 is 5.69 Å². The molecule has 0 spiro atoms. The first-order chi connectivity index (χ1) is 11.5. The van der Waals surface area contributed by atoms with Crippen molar-refractivity contribution in [3.63, 3.8) is 0 Å². The standard InChI is InChI=1S/C16H18N4O4/c1-16(13-5-3-2-4-6-13)12-24-8-7-19(16)15(21)11-18-10-14(9-17-18)20(22)23/h2-6,9-10H,7-8,11-12H2,1H3. The van der Waals surface area contributed by atoms with Crippen LogP contribution in [0.5, 0.6) is 0 Å². The van der Waals surface area contributed by atoms with Crippen LogP contribution in [-0.4, -0.2) is 45.3 Å². The molecule has 1 aromatic heterocycles. The Hall–Kier alpha value is -2.74. The van der Waals surface area contributed by atoms with Gasteiger partial charge < -0.3 is 9.64 Å². The van der Waals surface area contributed by atoms with Crippen LogP contribution < -0.4 is 0 Å². The molecule has 1 unspecified atom stereocenters. The lowest BCUT2D eigenvalue weighted by atomic mass is 9.89. The summed E-state index contributed by atoms with van der Waals surface area (Å²) < 4.78 is 6.89. The molecule has 8 heteroatoms. The first-order valence-electron chi connectivity index (χ1n) is 7.61. The average molecular weight is 330 g/mol. The third kappa shape index (κ3) is 3.00. The number of carbonyl (C=O) groups is 1. The Labute approximate surface area is 138 Å². The van der Waals surface area contributed by atoms with Crippen molar-refractivity contribution in [1.29, 1.82) is 0 Å². The molecular weight excluding hydrogens is 312 g/mol. The van der Waals surface area contributed by atoms with Gasteiger partial charge in [-0.3, -0.25) is 19.6 Å². The predicted octanol–water partition coefficient (Wildman–Crippen LogP) is 1.57. The number of amides is 1. The second-order valence-electron chi connectivity index (χ2n) is 5.89. The van der Waals surface area contributed by atoms with E-state index in [9.17, 15) is 14.9 Å². The van der Waals surface area contributed by atoms with E-state index in [1.165, 1.54) is 10.9 Å². The molecule has 126 valence electrons. The quantitative estimate of drug-likeness (QED) is 0.627. The summed E-state index contributed by atoms with van der Waals surface area (Å²) in [4.78, 5) is 24.7. The lowest BCUT2D eigenvalue weighted by Gasteiger charge is -2.45. The molecule has 0 saturated carbocycles. The monoisotopic (exact) mass is 330 g/mol. The van der Waals surface area contributed by atoms with Gasteiger partial charge in [-0.15, -0.1) is 0 Å². The highest BCUT2D eigenvalue weighted by atomic mass is 16.6. The summed E-state index contributed by atoms with van der Waals surface area (Å²) in [5.74, 6) is -0.150. The van der Waals surface area contributed by atoms with Gasteiger partial charge in [0.05, 0.1) is 23.7 Å². The molecule has 8 nitrogen and oxygen atoms in total. The summed E-state index contributed by atoms with van der Waals surface area (Å²) >= 11 is 0. The van der Waals surface area contributed by atoms with Gasteiger partial charge in [-0.1, -0.05) is 30.3 Å². The molecule has 1 aromatic carbocycles. The second-order valence-corrected chi connectivity index (χ2v) is 5.89. The zero-order valence-corrected chi connectivity index (χ0v) is 13.3. The molecule has 1 aliphatic heterocycles. The molecule has 1 fully saturated rings. The van der Waals surface area contributed by atoms with E-state index in [2.05, 4.69) is 5.10 Å². The smallest absolute Gasteiger partial charge is 0.307 e. The summed E-state index contributed by atoms with van der Waals surface area (Å²) in [5.41, 5.74) is 0.287. The van der Waals surface area contributed by atoms with Crippen LogP contribution in [0, 0.1) is 10.1 Å². The maximum Gasteiger partial charge on any atom is 0.307 e. The van der Waals surface area contributed by atoms with Crippen molar-refractivity contribution < 1.29 is 14.5 Å². The molecule has 3 rings (SSSR count). The van der Waals surface area contributed by atoms with Crippen LogP contribution in [-0.2, 0) is 21.6 Å². The van der Waals surface area contributed by atoms with Crippen LogP contribution in [0.2, 0.25) is 0 Å². The summed E-state index contributed by atoms with van der Waals surface area (Å²) in [6, 6.07) is 9.70. The number of aromatic nitrogens is 2. The number of nitro groups is 1. The van der Waals surface area contributed by atoms with Gasteiger partial charge in [0.15, 0.2) is 0 Å². The largest absolute Gasteiger partial charge is 0.377 e. The Balaban J connectivity index is 1.82.